The zero-order valence-corrected chi connectivity index (χ0v) is 23.4. The van der Waals surface area contributed by atoms with Gasteiger partial charge in [-0.3, -0.25) is 9.59 Å². The van der Waals surface area contributed by atoms with Crippen LogP contribution < -0.4 is 15.5 Å². The molecule has 0 radical (unpaired) electrons. The third-order valence-corrected chi connectivity index (χ3v) is 8.61. The number of ketones is 1. The molecule has 1 atom stereocenters. The molecule has 7 heteroatoms. The molecule has 0 saturated heterocycles. The number of halogens is 2. The van der Waals surface area contributed by atoms with Crippen LogP contribution in [-0.4, -0.2) is 11.7 Å². The van der Waals surface area contributed by atoms with Gasteiger partial charge in [-0.05, 0) is 88.6 Å². The quantitative estimate of drug-likeness (QED) is 0.342. The SMILES string of the molecule is Cc1cc2c(cc1C)NC1(C(=O)N(Cc3ccc(F)cc3)c3c(Br)cccc31)C1=C(CC(C)(C)CC1=O)N2. The van der Waals surface area contributed by atoms with Gasteiger partial charge in [0.15, 0.2) is 11.3 Å². The van der Waals surface area contributed by atoms with Gasteiger partial charge in [0.05, 0.1) is 29.2 Å². The first-order chi connectivity index (χ1) is 18.0. The summed E-state index contributed by atoms with van der Waals surface area (Å²) >= 11 is 3.69. The number of aryl methyl sites for hydroxylation is 2. The van der Waals surface area contributed by atoms with Gasteiger partial charge in [0.2, 0.25) is 0 Å². The maximum atomic E-state index is 14.8. The van der Waals surface area contributed by atoms with Crippen molar-refractivity contribution in [2.75, 3.05) is 15.5 Å². The highest BCUT2D eigenvalue weighted by Crippen LogP contribution is 2.55. The molecule has 3 aromatic rings. The molecule has 0 bridgehead atoms. The van der Waals surface area contributed by atoms with E-state index in [-0.39, 0.29) is 29.5 Å². The van der Waals surface area contributed by atoms with Crippen LogP contribution >= 0.6 is 15.9 Å². The normalized spacial score (nSPS) is 21.5. The zero-order chi connectivity index (χ0) is 27.0. The first kappa shape index (κ1) is 24.9. The van der Waals surface area contributed by atoms with Crippen LogP contribution in [-0.2, 0) is 21.7 Å². The fourth-order valence-corrected chi connectivity index (χ4v) is 6.69. The van der Waals surface area contributed by atoms with E-state index in [1.165, 1.54) is 12.1 Å². The van der Waals surface area contributed by atoms with E-state index in [1.54, 1.807) is 17.0 Å². The summed E-state index contributed by atoms with van der Waals surface area (Å²) in [6, 6.07) is 16.0. The van der Waals surface area contributed by atoms with E-state index in [2.05, 4.69) is 53.4 Å². The van der Waals surface area contributed by atoms with Gasteiger partial charge in [0, 0.05) is 22.2 Å². The van der Waals surface area contributed by atoms with Crippen LogP contribution in [0.5, 0.6) is 0 Å². The van der Waals surface area contributed by atoms with E-state index in [0.717, 1.165) is 43.8 Å². The number of carbonyl (C=O) groups is 2. The molecule has 0 saturated carbocycles. The maximum absolute atomic E-state index is 14.8. The van der Waals surface area contributed by atoms with Crippen molar-refractivity contribution in [3.05, 3.63) is 98.4 Å². The number of allylic oxidation sites excluding steroid dienone is 1. The van der Waals surface area contributed by atoms with Crippen LogP contribution in [0.1, 0.15) is 48.9 Å². The third kappa shape index (κ3) is 3.70. The van der Waals surface area contributed by atoms with Crippen molar-refractivity contribution in [1.29, 1.82) is 0 Å². The molecule has 1 amide bonds. The molecule has 3 aromatic carbocycles. The average molecular weight is 574 g/mol. The number of hydrogen-bond acceptors (Lipinski definition) is 4. The van der Waals surface area contributed by atoms with Gasteiger partial charge < -0.3 is 15.5 Å². The minimum atomic E-state index is -1.40. The molecule has 0 aromatic heterocycles. The molecule has 194 valence electrons. The molecule has 2 heterocycles. The Morgan fingerprint density at radius 1 is 0.974 bits per heavy atom. The lowest BCUT2D eigenvalue weighted by molar-refractivity contribution is -0.125. The highest BCUT2D eigenvalue weighted by molar-refractivity contribution is 9.10. The van der Waals surface area contributed by atoms with Crippen LogP contribution in [0.25, 0.3) is 0 Å². The topological polar surface area (TPSA) is 61.4 Å². The Morgan fingerprint density at radius 2 is 1.66 bits per heavy atom. The van der Waals surface area contributed by atoms with Crippen LogP contribution in [0.3, 0.4) is 0 Å². The number of hydrogen-bond donors (Lipinski definition) is 2. The number of para-hydroxylation sites is 1. The Hall–Kier alpha value is -3.45. The van der Waals surface area contributed by atoms with Gasteiger partial charge in [-0.15, -0.1) is 0 Å². The van der Waals surface area contributed by atoms with Crippen LogP contribution in [0.4, 0.5) is 21.5 Å². The number of carbonyl (C=O) groups excluding carboxylic acids is 2. The lowest BCUT2D eigenvalue weighted by Crippen LogP contribution is -2.50. The molecular formula is C31H29BrFN3O2. The minimum absolute atomic E-state index is 0.0413. The Morgan fingerprint density at radius 3 is 2.37 bits per heavy atom. The largest absolute Gasteiger partial charge is 0.362 e. The smallest absolute Gasteiger partial charge is 0.262 e. The summed E-state index contributed by atoms with van der Waals surface area (Å²) in [6.07, 6.45) is 0.984. The van der Waals surface area contributed by atoms with Crippen LogP contribution in [0.15, 0.2) is 70.3 Å². The van der Waals surface area contributed by atoms with Crippen molar-refractivity contribution < 1.29 is 14.0 Å². The lowest BCUT2D eigenvalue weighted by atomic mass is 9.69. The standard InChI is InChI=1S/C31H29BrFN3O2/c1-17-12-23-24(13-18(17)2)35-31(27-25(34-23)14-30(3,4)15-26(27)37)21-6-5-7-22(32)28(21)36(29(31)38)16-19-8-10-20(33)11-9-19/h5-13,34-35H,14-16H2,1-4H3. The number of Topliss-reactive ketones (excluding diaryl/α,β-unsaturated/α-hetero) is 1. The summed E-state index contributed by atoms with van der Waals surface area (Å²) < 4.78 is 14.4. The fourth-order valence-electron chi connectivity index (χ4n) is 6.11. The Labute approximate surface area is 230 Å². The maximum Gasteiger partial charge on any atom is 0.262 e. The molecule has 5 nitrogen and oxygen atoms in total. The van der Waals surface area contributed by atoms with Gasteiger partial charge in [-0.25, -0.2) is 4.39 Å². The molecule has 1 spiro atoms. The molecule has 3 aliphatic rings. The molecular weight excluding hydrogens is 545 g/mol. The summed E-state index contributed by atoms with van der Waals surface area (Å²) in [5.74, 6) is -0.596. The first-order valence-electron chi connectivity index (χ1n) is 12.8. The second-order valence-corrected chi connectivity index (χ2v) is 12.3. The number of nitrogens with zero attached hydrogens (tertiary/aromatic N) is 1. The predicted molar refractivity (Wildman–Crippen MR) is 152 cm³/mol. The summed E-state index contributed by atoms with van der Waals surface area (Å²) in [6.45, 7) is 8.52. The second-order valence-electron chi connectivity index (χ2n) is 11.4. The van der Waals surface area contributed by atoms with Crippen LogP contribution in [0, 0.1) is 25.1 Å². The highest BCUT2D eigenvalue weighted by atomic mass is 79.9. The van der Waals surface area contributed by atoms with Crippen molar-refractivity contribution in [2.24, 2.45) is 5.41 Å². The number of benzene rings is 3. The molecule has 0 fully saturated rings. The molecule has 1 unspecified atom stereocenters. The number of anilines is 3. The number of amides is 1. The molecule has 1 aliphatic carbocycles. The number of nitrogens with one attached hydrogen (secondary N) is 2. The molecule has 6 rings (SSSR count). The second kappa shape index (κ2) is 8.53. The van der Waals surface area contributed by atoms with Crippen molar-refractivity contribution in [3.8, 4) is 0 Å². The minimum Gasteiger partial charge on any atom is -0.362 e. The summed E-state index contributed by atoms with van der Waals surface area (Å²) in [5.41, 5.74) is 5.68. The highest BCUT2D eigenvalue weighted by Gasteiger charge is 2.59. The Bertz CT molecular complexity index is 1560. The van der Waals surface area contributed by atoms with Crippen molar-refractivity contribution in [2.45, 2.75) is 52.6 Å². The third-order valence-electron chi connectivity index (χ3n) is 7.97. The lowest BCUT2D eigenvalue weighted by Gasteiger charge is -2.38. The van der Waals surface area contributed by atoms with E-state index in [1.807, 2.05) is 31.2 Å². The average Bonchev–Trinajstić information content (AvgIpc) is 2.97. The Kier molecular flexibility index (Phi) is 5.58. The van der Waals surface area contributed by atoms with Crippen molar-refractivity contribution in [1.82, 2.24) is 0 Å². The van der Waals surface area contributed by atoms with Crippen molar-refractivity contribution >= 4 is 44.7 Å². The number of rotatable bonds is 2. The fraction of sp³-hybridized carbons (Fsp3) is 0.290. The summed E-state index contributed by atoms with van der Waals surface area (Å²) in [4.78, 5) is 30.5. The Balaban J connectivity index is 1.62. The van der Waals surface area contributed by atoms with Crippen LogP contribution in [0.2, 0.25) is 0 Å². The van der Waals surface area contributed by atoms with E-state index >= 15 is 0 Å². The number of fused-ring (bicyclic) bond motifs is 4. The molecule has 38 heavy (non-hydrogen) atoms. The van der Waals surface area contributed by atoms with E-state index < -0.39 is 5.54 Å². The predicted octanol–water partition coefficient (Wildman–Crippen LogP) is 7.13. The van der Waals surface area contributed by atoms with E-state index in [9.17, 15) is 14.0 Å². The van der Waals surface area contributed by atoms with Gasteiger partial charge in [0.25, 0.3) is 5.91 Å². The monoisotopic (exact) mass is 573 g/mol. The van der Waals surface area contributed by atoms with Gasteiger partial charge in [0.1, 0.15) is 5.82 Å². The van der Waals surface area contributed by atoms with Gasteiger partial charge in [-0.2, -0.15) is 0 Å². The van der Waals surface area contributed by atoms with E-state index in [0.29, 0.717) is 24.1 Å². The van der Waals surface area contributed by atoms with Gasteiger partial charge >= 0.3 is 0 Å². The summed E-state index contributed by atoms with van der Waals surface area (Å²) in [7, 11) is 0. The first-order valence-corrected chi connectivity index (χ1v) is 13.6. The van der Waals surface area contributed by atoms with Gasteiger partial charge in [-0.1, -0.05) is 38.1 Å². The molecule has 2 N–H and O–H groups in total. The zero-order valence-electron chi connectivity index (χ0n) is 21.8. The van der Waals surface area contributed by atoms with E-state index in [4.69, 9.17) is 0 Å². The molecule has 2 aliphatic heterocycles. The summed E-state index contributed by atoms with van der Waals surface area (Å²) in [5, 5.41) is 7.18. The van der Waals surface area contributed by atoms with Crippen molar-refractivity contribution in [3.63, 3.8) is 0 Å².